The van der Waals surface area contributed by atoms with Gasteiger partial charge >= 0.3 is 0 Å². The van der Waals surface area contributed by atoms with Crippen molar-refractivity contribution in [3.63, 3.8) is 0 Å². The Labute approximate surface area is 156 Å². The lowest BCUT2D eigenvalue weighted by molar-refractivity contribution is 0.0795. The van der Waals surface area contributed by atoms with Crippen LogP contribution < -0.4 is 15.8 Å². The normalized spacial score (nSPS) is 11.1. The van der Waals surface area contributed by atoms with Crippen LogP contribution in [0.25, 0.3) is 0 Å². The summed E-state index contributed by atoms with van der Waals surface area (Å²) in [6, 6.07) is 12.6. The number of pyridine rings is 1. The average Bonchev–Trinajstić information content (AvgIpc) is 2.54. The number of rotatable bonds is 6. The zero-order chi connectivity index (χ0) is 16.7. The van der Waals surface area contributed by atoms with Crippen molar-refractivity contribution >= 4 is 35.6 Å². The molecule has 0 radical (unpaired) electrons. The molecule has 2 rings (SSSR count). The smallest absolute Gasteiger partial charge is 0.272 e. The number of aryl methyl sites for hydroxylation is 1. The van der Waals surface area contributed by atoms with Gasteiger partial charge in [0.2, 0.25) is 5.88 Å². The molecule has 3 N–H and O–H groups in total. The molecule has 0 aliphatic rings. The maximum Gasteiger partial charge on any atom is 0.272 e. The van der Waals surface area contributed by atoms with E-state index in [1.165, 1.54) is 6.07 Å². The molecule has 0 bridgehead atoms. The van der Waals surface area contributed by atoms with Gasteiger partial charge in [0.15, 0.2) is 12.6 Å². The average molecular weight is 448 g/mol. The summed E-state index contributed by atoms with van der Waals surface area (Å²) in [6.07, 6.45) is -2.53. The number of alkyl halides is 2. The van der Waals surface area contributed by atoms with E-state index in [1.54, 1.807) is 12.1 Å². The minimum atomic E-state index is -2.53. The second-order valence-corrected chi connectivity index (χ2v) is 4.86. The maximum atomic E-state index is 12.1. The Morgan fingerprint density at radius 2 is 1.96 bits per heavy atom. The third-order valence-electron chi connectivity index (χ3n) is 2.87. The first-order valence-electron chi connectivity index (χ1n) is 7.03. The fourth-order valence-corrected chi connectivity index (χ4v) is 1.76. The van der Waals surface area contributed by atoms with E-state index in [2.05, 4.69) is 15.3 Å². The van der Waals surface area contributed by atoms with Crippen LogP contribution in [0.15, 0.2) is 47.5 Å². The number of aliphatic imine (C=N–C) groups is 1. The third kappa shape index (κ3) is 7.07. The van der Waals surface area contributed by atoms with E-state index in [0.717, 1.165) is 11.3 Å². The van der Waals surface area contributed by atoms with E-state index < -0.39 is 13.0 Å². The predicted molar refractivity (Wildman–Crippen MR) is 101 cm³/mol. The first-order chi connectivity index (χ1) is 11.0. The Kier molecular flexibility index (Phi) is 8.37. The molecule has 1 aromatic carbocycles. The van der Waals surface area contributed by atoms with Crippen LogP contribution in [0.4, 0.5) is 14.5 Å². The number of anilines is 1. The van der Waals surface area contributed by atoms with Gasteiger partial charge in [0.25, 0.3) is 6.43 Å². The molecular formula is C16H19F2IN4O. The summed E-state index contributed by atoms with van der Waals surface area (Å²) in [4.78, 5) is 8.25. The molecule has 0 fully saturated rings. The number of nitrogens with one attached hydrogen (secondary N) is 1. The summed E-state index contributed by atoms with van der Waals surface area (Å²) in [5, 5.41) is 2.96. The SMILES string of the molecule is Cc1ccc(NC(N)=NCc2cccc(OCC(F)F)n2)cc1.I. The Bertz CT molecular complexity index is 665. The van der Waals surface area contributed by atoms with Gasteiger partial charge in [-0.05, 0) is 25.1 Å². The van der Waals surface area contributed by atoms with Gasteiger partial charge in [-0.15, -0.1) is 24.0 Å². The van der Waals surface area contributed by atoms with Gasteiger partial charge in [-0.1, -0.05) is 23.8 Å². The molecule has 1 aromatic heterocycles. The van der Waals surface area contributed by atoms with Gasteiger partial charge in [0.05, 0.1) is 12.2 Å². The van der Waals surface area contributed by atoms with E-state index in [9.17, 15) is 8.78 Å². The molecule has 0 saturated carbocycles. The van der Waals surface area contributed by atoms with Crippen molar-refractivity contribution in [2.75, 3.05) is 11.9 Å². The molecule has 0 saturated heterocycles. The summed E-state index contributed by atoms with van der Waals surface area (Å²) in [6.45, 7) is 1.53. The van der Waals surface area contributed by atoms with Crippen molar-refractivity contribution in [3.05, 3.63) is 53.7 Å². The number of ether oxygens (including phenoxy) is 1. The van der Waals surface area contributed by atoms with Crippen molar-refractivity contribution in [2.24, 2.45) is 10.7 Å². The van der Waals surface area contributed by atoms with E-state index in [0.29, 0.717) is 5.69 Å². The Hall–Kier alpha value is -1.97. The first-order valence-corrected chi connectivity index (χ1v) is 7.03. The highest BCUT2D eigenvalue weighted by Crippen LogP contribution is 2.10. The largest absolute Gasteiger partial charge is 0.472 e. The van der Waals surface area contributed by atoms with Crippen molar-refractivity contribution in [3.8, 4) is 5.88 Å². The summed E-state index contributed by atoms with van der Waals surface area (Å²) < 4.78 is 29.1. The number of halogens is 3. The Morgan fingerprint density at radius 1 is 1.25 bits per heavy atom. The fourth-order valence-electron chi connectivity index (χ4n) is 1.76. The van der Waals surface area contributed by atoms with Gasteiger partial charge < -0.3 is 15.8 Å². The molecule has 1 heterocycles. The monoisotopic (exact) mass is 448 g/mol. The molecule has 0 atom stereocenters. The number of benzene rings is 1. The van der Waals surface area contributed by atoms with Crippen LogP contribution in [0.3, 0.4) is 0 Å². The highest BCUT2D eigenvalue weighted by molar-refractivity contribution is 14.0. The quantitative estimate of drug-likeness (QED) is 0.403. The number of nitrogens with two attached hydrogens (primary N) is 1. The molecule has 24 heavy (non-hydrogen) atoms. The standard InChI is InChI=1S/C16H18F2N4O.HI/c1-11-5-7-12(8-6-11)22-16(19)20-9-13-3-2-4-15(21-13)23-10-14(17)18;/h2-8,14H,9-10H2,1H3,(H3,19,20,22);1H. The van der Waals surface area contributed by atoms with Crippen LogP contribution in [0.5, 0.6) is 5.88 Å². The van der Waals surface area contributed by atoms with E-state index in [4.69, 9.17) is 10.5 Å². The first kappa shape index (κ1) is 20.1. The summed E-state index contributed by atoms with van der Waals surface area (Å²) in [5.74, 6) is 0.387. The van der Waals surface area contributed by atoms with Crippen LogP contribution in [0.2, 0.25) is 0 Å². The Balaban J connectivity index is 0.00000288. The molecule has 8 heteroatoms. The molecule has 0 aliphatic heterocycles. The minimum Gasteiger partial charge on any atom is -0.472 e. The van der Waals surface area contributed by atoms with Crippen molar-refractivity contribution < 1.29 is 13.5 Å². The predicted octanol–water partition coefficient (Wildman–Crippen LogP) is 3.58. The number of nitrogens with zero attached hydrogens (tertiary/aromatic N) is 2. The number of hydrogen-bond acceptors (Lipinski definition) is 3. The molecule has 0 spiro atoms. The maximum absolute atomic E-state index is 12.1. The van der Waals surface area contributed by atoms with Crippen LogP contribution in [0, 0.1) is 6.92 Å². The van der Waals surface area contributed by atoms with Crippen molar-refractivity contribution in [2.45, 2.75) is 19.9 Å². The summed E-state index contributed by atoms with van der Waals surface area (Å²) in [7, 11) is 0. The van der Waals surface area contributed by atoms with Crippen molar-refractivity contribution in [1.29, 1.82) is 0 Å². The second-order valence-electron chi connectivity index (χ2n) is 4.86. The highest BCUT2D eigenvalue weighted by Gasteiger charge is 2.05. The molecule has 2 aromatic rings. The fraction of sp³-hybridized carbons (Fsp3) is 0.250. The topological polar surface area (TPSA) is 72.5 Å². The zero-order valence-electron chi connectivity index (χ0n) is 13.1. The Morgan fingerprint density at radius 3 is 2.62 bits per heavy atom. The second kappa shape index (κ2) is 10.0. The third-order valence-corrected chi connectivity index (χ3v) is 2.87. The molecule has 0 unspecified atom stereocenters. The summed E-state index contributed by atoms with van der Waals surface area (Å²) >= 11 is 0. The van der Waals surface area contributed by atoms with Crippen LogP contribution in [-0.2, 0) is 6.54 Å². The lowest BCUT2D eigenvalue weighted by Crippen LogP contribution is -2.22. The highest BCUT2D eigenvalue weighted by atomic mass is 127. The number of guanidine groups is 1. The van der Waals surface area contributed by atoms with E-state index in [-0.39, 0.29) is 42.4 Å². The van der Waals surface area contributed by atoms with Gasteiger partial charge in [0, 0.05) is 11.8 Å². The molecular weight excluding hydrogens is 429 g/mol. The van der Waals surface area contributed by atoms with Gasteiger partial charge in [0.1, 0.15) is 0 Å². The number of hydrogen-bond donors (Lipinski definition) is 2. The van der Waals surface area contributed by atoms with Crippen LogP contribution in [0.1, 0.15) is 11.3 Å². The minimum absolute atomic E-state index is 0. The lowest BCUT2D eigenvalue weighted by atomic mass is 10.2. The summed E-state index contributed by atoms with van der Waals surface area (Å²) in [5.41, 5.74) is 8.36. The van der Waals surface area contributed by atoms with Gasteiger partial charge in [-0.2, -0.15) is 0 Å². The van der Waals surface area contributed by atoms with E-state index >= 15 is 0 Å². The van der Waals surface area contributed by atoms with Crippen LogP contribution >= 0.6 is 24.0 Å². The molecule has 5 nitrogen and oxygen atoms in total. The van der Waals surface area contributed by atoms with Crippen molar-refractivity contribution in [1.82, 2.24) is 4.98 Å². The molecule has 0 aliphatic carbocycles. The zero-order valence-corrected chi connectivity index (χ0v) is 15.4. The molecule has 0 amide bonds. The van der Waals surface area contributed by atoms with E-state index in [1.807, 2.05) is 31.2 Å². The van der Waals surface area contributed by atoms with Crippen LogP contribution in [-0.4, -0.2) is 24.0 Å². The lowest BCUT2D eigenvalue weighted by Gasteiger charge is -2.07. The molecule has 130 valence electrons. The van der Waals surface area contributed by atoms with Gasteiger partial charge in [-0.25, -0.2) is 18.8 Å². The number of aromatic nitrogens is 1. The van der Waals surface area contributed by atoms with Gasteiger partial charge in [-0.3, -0.25) is 0 Å².